The molecule has 0 radical (unpaired) electrons. The fourth-order valence-corrected chi connectivity index (χ4v) is 4.24. The number of phenols is 4. The summed E-state index contributed by atoms with van der Waals surface area (Å²) in [7, 11) is 1.61. The van der Waals surface area contributed by atoms with Crippen LogP contribution in [-0.4, -0.2) is 27.5 Å². The zero-order valence-corrected chi connectivity index (χ0v) is 19.0. The van der Waals surface area contributed by atoms with Crippen LogP contribution in [0.25, 0.3) is 0 Å². The van der Waals surface area contributed by atoms with E-state index in [-0.39, 0.29) is 23.0 Å². The van der Waals surface area contributed by atoms with Crippen LogP contribution in [0.2, 0.25) is 0 Å². The van der Waals surface area contributed by atoms with Crippen LogP contribution in [0.1, 0.15) is 33.4 Å². The summed E-state index contributed by atoms with van der Waals surface area (Å²) in [6.07, 6.45) is 2.36. The number of aromatic hydroxyl groups is 4. The lowest BCUT2D eigenvalue weighted by atomic mass is 9.90. The van der Waals surface area contributed by atoms with E-state index in [1.54, 1.807) is 49.6 Å². The molecule has 0 amide bonds. The Morgan fingerprint density at radius 2 is 1.18 bits per heavy atom. The van der Waals surface area contributed by atoms with E-state index in [2.05, 4.69) is 0 Å². The molecule has 0 aliphatic carbocycles. The molecular weight excluding hydrogens is 428 g/mol. The lowest BCUT2D eigenvalue weighted by molar-refractivity contribution is 0.395. The maximum Gasteiger partial charge on any atom is 0.129 e. The Morgan fingerprint density at radius 3 is 1.74 bits per heavy atom. The van der Waals surface area contributed by atoms with E-state index in [0.717, 1.165) is 27.8 Å². The summed E-state index contributed by atoms with van der Waals surface area (Å²) in [4.78, 5) is 0. The van der Waals surface area contributed by atoms with E-state index >= 15 is 0 Å². The summed E-state index contributed by atoms with van der Waals surface area (Å²) in [5, 5.41) is 40.1. The second kappa shape index (κ2) is 10.2. The lowest BCUT2D eigenvalue weighted by Gasteiger charge is -2.20. The van der Waals surface area contributed by atoms with Crippen molar-refractivity contribution >= 4 is 0 Å². The van der Waals surface area contributed by atoms with Crippen molar-refractivity contribution in [2.45, 2.75) is 25.7 Å². The van der Waals surface area contributed by atoms with Gasteiger partial charge in [0.05, 0.1) is 7.11 Å². The van der Waals surface area contributed by atoms with Crippen molar-refractivity contribution in [2.75, 3.05) is 7.11 Å². The minimum absolute atomic E-state index is 0.158. The highest BCUT2D eigenvalue weighted by atomic mass is 16.5. The van der Waals surface area contributed by atoms with Gasteiger partial charge in [-0.15, -0.1) is 0 Å². The highest BCUT2D eigenvalue weighted by Crippen LogP contribution is 2.38. The first-order chi connectivity index (χ1) is 16.4. The van der Waals surface area contributed by atoms with Crippen LogP contribution in [0.15, 0.2) is 78.9 Å². The molecule has 4 rings (SSSR count). The summed E-state index contributed by atoms with van der Waals surface area (Å²) in [6.45, 7) is 0. The number of hydrogen-bond acceptors (Lipinski definition) is 5. The predicted octanol–water partition coefficient (Wildman–Crippen LogP) is 5.48. The molecule has 34 heavy (non-hydrogen) atoms. The van der Waals surface area contributed by atoms with E-state index < -0.39 is 0 Å². The van der Waals surface area contributed by atoms with Gasteiger partial charge in [-0.3, -0.25) is 0 Å². The maximum absolute atomic E-state index is 11.0. The predicted molar refractivity (Wildman–Crippen MR) is 132 cm³/mol. The second-order valence-corrected chi connectivity index (χ2v) is 8.40. The molecule has 5 nitrogen and oxygen atoms in total. The molecule has 0 saturated carbocycles. The number of ether oxygens (including phenoxy) is 1. The molecule has 174 valence electrons. The summed E-state index contributed by atoms with van der Waals surface area (Å²) in [5.74, 6) is 1.41. The van der Waals surface area contributed by atoms with Crippen LogP contribution >= 0.6 is 0 Å². The normalized spacial score (nSPS) is 10.9. The minimum atomic E-state index is 0.158. The first-order valence-electron chi connectivity index (χ1n) is 11.2. The number of benzene rings is 4. The van der Waals surface area contributed by atoms with Crippen molar-refractivity contribution in [1.29, 1.82) is 0 Å². The van der Waals surface area contributed by atoms with E-state index in [1.165, 1.54) is 0 Å². The molecule has 0 aliphatic heterocycles. The van der Waals surface area contributed by atoms with Gasteiger partial charge in [0.15, 0.2) is 0 Å². The fraction of sp³-hybridized carbons (Fsp3) is 0.172. The highest BCUT2D eigenvalue weighted by molar-refractivity contribution is 5.57. The van der Waals surface area contributed by atoms with Crippen LogP contribution in [0, 0.1) is 0 Å². The zero-order valence-electron chi connectivity index (χ0n) is 19.0. The van der Waals surface area contributed by atoms with Crippen molar-refractivity contribution < 1.29 is 25.2 Å². The summed E-state index contributed by atoms with van der Waals surface area (Å²) < 4.78 is 5.86. The lowest BCUT2D eigenvalue weighted by Crippen LogP contribution is -2.06. The quantitative estimate of drug-likeness (QED) is 0.282. The molecule has 0 heterocycles. The molecule has 0 aromatic heterocycles. The maximum atomic E-state index is 11.0. The van der Waals surface area contributed by atoms with Crippen molar-refractivity contribution in [1.82, 2.24) is 0 Å². The topological polar surface area (TPSA) is 90.2 Å². The van der Waals surface area contributed by atoms with Gasteiger partial charge in [-0.2, -0.15) is 0 Å². The fourth-order valence-electron chi connectivity index (χ4n) is 4.24. The van der Waals surface area contributed by atoms with Crippen molar-refractivity contribution in [3.8, 4) is 28.7 Å². The molecule has 0 atom stereocenters. The molecule has 4 N–H and O–H groups in total. The summed E-state index contributed by atoms with van der Waals surface area (Å²) in [5.41, 5.74) is 5.57. The van der Waals surface area contributed by atoms with Gasteiger partial charge in [-0.1, -0.05) is 36.4 Å². The van der Waals surface area contributed by atoms with Crippen LogP contribution in [-0.2, 0) is 25.7 Å². The van der Waals surface area contributed by atoms with Gasteiger partial charge in [-0.25, -0.2) is 0 Å². The van der Waals surface area contributed by atoms with Crippen LogP contribution in [0.4, 0.5) is 0 Å². The third-order valence-electron chi connectivity index (χ3n) is 5.99. The smallest absolute Gasteiger partial charge is 0.129 e. The molecule has 4 aromatic rings. The second-order valence-electron chi connectivity index (χ2n) is 8.40. The Bertz CT molecular complexity index is 1260. The Hall–Kier alpha value is -4.12. The van der Waals surface area contributed by atoms with Gasteiger partial charge in [0.2, 0.25) is 0 Å². The first-order valence-corrected chi connectivity index (χ1v) is 11.2. The molecule has 0 aliphatic rings. The van der Waals surface area contributed by atoms with Crippen molar-refractivity contribution in [2.24, 2.45) is 0 Å². The Kier molecular flexibility index (Phi) is 6.93. The third-order valence-corrected chi connectivity index (χ3v) is 5.99. The minimum Gasteiger partial charge on any atom is -0.508 e. The van der Waals surface area contributed by atoms with Gasteiger partial charge in [0.25, 0.3) is 0 Å². The SMILES string of the molecule is COc1c(Cc2ccc(O)cc2)c(O)cc(CCc2cccc(O)c2)c1Cc1ccc(O)cc1. The summed E-state index contributed by atoms with van der Waals surface area (Å²) in [6, 6.07) is 22.9. The van der Waals surface area contributed by atoms with E-state index in [4.69, 9.17) is 4.74 Å². The average Bonchev–Trinajstić information content (AvgIpc) is 2.83. The largest absolute Gasteiger partial charge is 0.508 e. The number of phenolic OH excluding ortho intramolecular Hbond substituents is 4. The number of rotatable bonds is 8. The van der Waals surface area contributed by atoms with Gasteiger partial charge < -0.3 is 25.2 Å². The molecule has 0 spiro atoms. The Labute approximate surface area is 199 Å². The number of methoxy groups -OCH3 is 1. The molecular formula is C29H28O5. The van der Waals surface area contributed by atoms with Crippen molar-refractivity contribution in [3.05, 3.63) is 112 Å². The van der Waals surface area contributed by atoms with E-state index in [1.807, 2.05) is 36.4 Å². The van der Waals surface area contributed by atoms with E-state index in [0.29, 0.717) is 37.0 Å². The van der Waals surface area contributed by atoms with Gasteiger partial charge in [-0.05, 0) is 77.6 Å². The van der Waals surface area contributed by atoms with Gasteiger partial charge >= 0.3 is 0 Å². The molecule has 4 aromatic carbocycles. The zero-order chi connectivity index (χ0) is 24.1. The molecule has 0 saturated heterocycles. The molecule has 0 fully saturated rings. The van der Waals surface area contributed by atoms with Crippen LogP contribution < -0.4 is 4.74 Å². The van der Waals surface area contributed by atoms with Crippen molar-refractivity contribution in [3.63, 3.8) is 0 Å². The summed E-state index contributed by atoms with van der Waals surface area (Å²) >= 11 is 0. The Balaban J connectivity index is 1.74. The van der Waals surface area contributed by atoms with Crippen LogP contribution in [0.5, 0.6) is 28.7 Å². The van der Waals surface area contributed by atoms with Gasteiger partial charge in [0, 0.05) is 24.0 Å². The molecule has 0 unspecified atom stereocenters. The van der Waals surface area contributed by atoms with Gasteiger partial charge in [0.1, 0.15) is 28.7 Å². The number of aryl methyl sites for hydroxylation is 2. The first kappa shape index (κ1) is 23.1. The molecule has 5 heteroatoms. The number of hydrogen-bond donors (Lipinski definition) is 4. The van der Waals surface area contributed by atoms with E-state index in [9.17, 15) is 20.4 Å². The highest BCUT2D eigenvalue weighted by Gasteiger charge is 2.20. The van der Waals surface area contributed by atoms with Crippen LogP contribution in [0.3, 0.4) is 0 Å². The third kappa shape index (κ3) is 5.44. The standard InChI is InChI=1S/C29H28O5/c1-34-29-26(16-20-6-11-23(30)12-7-20)22(10-5-19-3-2-4-25(32)15-19)18-28(33)27(29)17-21-8-13-24(31)14-9-21/h2-4,6-9,11-15,18,30-33H,5,10,16-17H2,1H3. The Morgan fingerprint density at radius 1 is 0.588 bits per heavy atom. The molecule has 0 bridgehead atoms. The average molecular weight is 457 g/mol. The monoisotopic (exact) mass is 456 g/mol.